The molecule has 0 aromatic heterocycles. The van der Waals surface area contributed by atoms with Gasteiger partial charge in [-0.2, -0.15) is 8.78 Å². The number of aliphatic hydroxyl groups is 1. The van der Waals surface area contributed by atoms with Crippen molar-refractivity contribution in [1.82, 2.24) is 15.5 Å². The minimum absolute atomic E-state index is 0. The van der Waals surface area contributed by atoms with Crippen molar-refractivity contribution in [2.75, 3.05) is 19.6 Å². The summed E-state index contributed by atoms with van der Waals surface area (Å²) in [4.78, 5) is 6.97. The summed E-state index contributed by atoms with van der Waals surface area (Å²) in [7, 11) is 0. The fraction of sp³-hybridized carbons (Fsp3) is 0.458. The van der Waals surface area contributed by atoms with Crippen LogP contribution in [0.3, 0.4) is 0 Å². The monoisotopic (exact) mass is 574 g/mol. The summed E-state index contributed by atoms with van der Waals surface area (Å²) in [6, 6.07) is 15.1. The maximum absolute atomic E-state index is 12.6. The van der Waals surface area contributed by atoms with Crippen molar-refractivity contribution in [3.63, 3.8) is 0 Å². The first kappa shape index (κ1) is 27.3. The number of para-hydroxylation sites is 1. The number of nitrogens with one attached hydrogen (secondary N) is 2. The van der Waals surface area contributed by atoms with Crippen LogP contribution in [0.1, 0.15) is 36.5 Å². The molecule has 1 fully saturated rings. The molecule has 0 bridgehead atoms. The molecule has 33 heavy (non-hydrogen) atoms. The molecule has 2 aromatic rings. The number of alkyl halides is 2. The molecule has 0 unspecified atom stereocenters. The minimum atomic E-state index is -2.86. The quantitative estimate of drug-likeness (QED) is 0.239. The Kier molecular flexibility index (Phi) is 11.8. The van der Waals surface area contributed by atoms with Crippen molar-refractivity contribution in [2.45, 2.75) is 52.1 Å². The van der Waals surface area contributed by atoms with Gasteiger partial charge in [-0.05, 0) is 37.0 Å². The third-order valence-corrected chi connectivity index (χ3v) is 5.39. The summed E-state index contributed by atoms with van der Waals surface area (Å²) in [6.07, 6.45) is 1.52. The molecule has 0 radical (unpaired) electrons. The molecule has 1 aliphatic rings. The number of rotatable bonds is 9. The van der Waals surface area contributed by atoms with E-state index in [0.29, 0.717) is 31.2 Å². The van der Waals surface area contributed by atoms with Crippen LogP contribution in [0.25, 0.3) is 0 Å². The SMILES string of the molecule is CCNC(=NCc1ccc(CN2CCC(O)CC2)cc1)NCc1ccccc1OC(F)F.I. The Hall–Kier alpha value is -1.98. The van der Waals surface area contributed by atoms with Crippen LogP contribution in [-0.4, -0.2) is 48.3 Å². The van der Waals surface area contributed by atoms with Gasteiger partial charge >= 0.3 is 6.61 Å². The number of nitrogens with zero attached hydrogens (tertiary/aromatic N) is 2. The number of hydrogen-bond donors (Lipinski definition) is 3. The zero-order valence-electron chi connectivity index (χ0n) is 18.8. The van der Waals surface area contributed by atoms with Crippen molar-refractivity contribution in [1.29, 1.82) is 0 Å². The number of ether oxygens (including phenoxy) is 1. The predicted molar refractivity (Wildman–Crippen MR) is 137 cm³/mol. The molecule has 0 atom stereocenters. The van der Waals surface area contributed by atoms with Crippen molar-refractivity contribution in [3.05, 3.63) is 65.2 Å². The highest BCUT2D eigenvalue weighted by Crippen LogP contribution is 2.20. The molecule has 1 aliphatic heterocycles. The van der Waals surface area contributed by atoms with Gasteiger partial charge in [0.25, 0.3) is 0 Å². The lowest BCUT2D eigenvalue weighted by Crippen LogP contribution is -2.36. The average molecular weight is 574 g/mol. The van der Waals surface area contributed by atoms with Gasteiger partial charge in [0.15, 0.2) is 5.96 Å². The third-order valence-electron chi connectivity index (χ3n) is 5.39. The third kappa shape index (κ3) is 9.42. The average Bonchev–Trinajstić information content (AvgIpc) is 2.79. The summed E-state index contributed by atoms with van der Waals surface area (Å²) in [5.41, 5.74) is 2.96. The molecule has 182 valence electrons. The molecule has 9 heteroatoms. The zero-order valence-corrected chi connectivity index (χ0v) is 21.2. The van der Waals surface area contributed by atoms with Gasteiger partial charge in [-0.25, -0.2) is 4.99 Å². The number of halogens is 3. The highest BCUT2D eigenvalue weighted by Gasteiger charge is 2.16. The van der Waals surface area contributed by atoms with Gasteiger partial charge in [0, 0.05) is 38.3 Å². The van der Waals surface area contributed by atoms with E-state index in [4.69, 9.17) is 0 Å². The van der Waals surface area contributed by atoms with E-state index in [1.807, 2.05) is 6.92 Å². The van der Waals surface area contributed by atoms with Gasteiger partial charge in [-0.1, -0.05) is 42.5 Å². The van der Waals surface area contributed by atoms with Crippen LogP contribution in [0.2, 0.25) is 0 Å². The zero-order chi connectivity index (χ0) is 22.8. The molecule has 0 spiro atoms. The Morgan fingerprint density at radius 2 is 1.76 bits per heavy atom. The van der Waals surface area contributed by atoms with Crippen molar-refractivity contribution in [3.8, 4) is 5.75 Å². The summed E-state index contributed by atoms with van der Waals surface area (Å²) < 4.78 is 29.8. The van der Waals surface area contributed by atoms with Crippen LogP contribution in [0.5, 0.6) is 5.75 Å². The van der Waals surface area contributed by atoms with Gasteiger partial charge in [0.2, 0.25) is 0 Å². The summed E-state index contributed by atoms with van der Waals surface area (Å²) in [6.45, 7) is 3.36. The van der Waals surface area contributed by atoms with E-state index in [9.17, 15) is 13.9 Å². The van der Waals surface area contributed by atoms with Gasteiger partial charge in [-0.3, -0.25) is 4.90 Å². The van der Waals surface area contributed by atoms with Gasteiger partial charge in [0.05, 0.1) is 12.6 Å². The molecule has 0 amide bonds. The Bertz CT molecular complexity index is 860. The standard InChI is InChI=1S/C24H32F2N4O2.HI/c1-2-27-24(29-16-20-5-3-4-6-22(20)32-23(25)26)28-15-18-7-9-19(10-8-18)17-30-13-11-21(31)12-14-30;/h3-10,21,23,31H,2,11-17H2,1H3,(H2,27,28,29);1H. The first-order valence-corrected chi connectivity index (χ1v) is 11.1. The van der Waals surface area contributed by atoms with E-state index in [-0.39, 0.29) is 35.8 Å². The summed E-state index contributed by atoms with van der Waals surface area (Å²) >= 11 is 0. The number of aliphatic hydroxyl groups excluding tert-OH is 1. The lowest BCUT2D eigenvalue weighted by Gasteiger charge is -2.29. The summed E-state index contributed by atoms with van der Waals surface area (Å²) in [5, 5.41) is 16.0. The van der Waals surface area contributed by atoms with Crippen LogP contribution in [0.4, 0.5) is 8.78 Å². The topological polar surface area (TPSA) is 69.1 Å². The van der Waals surface area contributed by atoms with E-state index in [0.717, 1.165) is 38.0 Å². The second kappa shape index (κ2) is 14.3. The predicted octanol–water partition coefficient (Wildman–Crippen LogP) is 4.12. The Morgan fingerprint density at radius 1 is 1.09 bits per heavy atom. The minimum Gasteiger partial charge on any atom is -0.434 e. The number of guanidine groups is 1. The normalized spacial score (nSPS) is 15.2. The number of benzene rings is 2. The fourth-order valence-corrected chi connectivity index (χ4v) is 3.64. The van der Waals surface area contributed by atoms with E-state index in [2.05, 4.69) is 49.5 Å². The molecule has 0 saturated carbocycles. The van der Waals surface area contributed by atoms with E-state index in [1.165, 1.54) is 11.6 Å². The molecule has 2 aromatic carbocycles. The smallest absolute Gasteiger partial charge is 0.387 e. The van der Waals surface area contributed by atoms with Crippen LogP contribution < -0.4 is 15.4 Å². The largest absolute Gasteiger partial charge is 0.434 e. The highest BCUT2D eigenvalue weighted by atomic mass is 127. The molecular formula is C24H33F2IN4O2. The number of aliphatic imine (C=N–C) groups is 1. The Labute approximate surface area is 211 Å². The van der Waals surface area contributed by atoms with Crippen molar-refractivity contribution in [2.24, 2.45) is 4.99 Å². The molecule has 1 heterocycles. The second-order valence-corrected chi connectivity index (χ2v) is 7.86. The van der Waals surface area contributed by atoms with Crippen LogP contribution in [0.15, 0.2) is 53.5 Å². The molecule has 3 N–H and O–H groups in total. The second-order valence-electron chi connectivity index (χ2n) is 7.86. The summed E-state index contributed by atoms with van der Waals surface area (Å²) in [5.74, 6) is 0.764. The maximum atomic E-state index is 12.6. The Morgan fingerprint density at radius 3 is 2.42 bits per heavy atom. The van der Waals surface area contributed by atoms with E-state index in [1.54, 1.807) is 18.2 Å². The van der Waals surface area contributed by atoms with Gasteiger partial charge in [0.1, 0.15) is 5.75 Å². The fourth-order valence-electron chi connectivity index (χ4n) is 3.64. The molecule has 3 rings (SSSR count). The van der Waals surface area contributed by atoms with Crippen LogP contribution >= 0.6 is 24.0 Å². The van der Waals surface area contributed by atoms with Gasteiger partial charge in [-0.15, -0.1) is 24.0 Å². The maximum Gasteiger partial charge on any atom is 0.387 e. The molecule has 6 nitrogen and oxygen atoms in total. The lowest BCUT2D eigenvalue weighted by atomic mass is 10.1. The first-order valence-electron chi connectivity index (χ1n) is 11.1. The highest BCUT2D eigenvalue weighted by molar-refractivity contribution is 14.0. The number of hydrogen-bond acceptors (Lipinski definition) is 4. The van der Waals surface area contributed by atoms with Crippen LogP contribution in [-0.2, 0) is 19.6 Å². The Balaban J connectivity index is 0.00000385. The molecular weight excluding hydrogens is 541 g/mol. The number of piperidine rings is 1. The van der Waals surface area contributed by atoms with Crippen molar-refractivity contribution >= 4 is 29.9 Å². The van der Waals surface area contributed by atoms with E-state index >= 15 is 0 Å². The lowest BCUT2D eigenvalue weighted by molar-refractivity contribution is -0.0504. The number of likely N-dealkylation sites (tertiary alicyclic amines) is 1. The molecule has 0 aliphatic carbocycles. The van der Waals surface area contributed by atoms with Crippen LogP contribution in [0, 0.1) is 0 Å². The molecule has 1 saturated heterocycles. The van der Waals surface area contributed by atoms with Crippen molar-refractivity contribution < 1.29 is 18.6 Å². The first-order chi connectivity index (χ1) is 15.5. The van der Waals surface area contributed by atoms with Gasteiger partial charge < -0.3 is 20.5 Å². The van der Waals surface area contributed by atoms with E-state index < -0.39 is 6.61 Å².